The minimum Gasteiger partial charge on any atom is -0.381 e. The molecule has 6 nitrogen and oxygen atoms in total. The molecule has 0 spiro atoms. The average Bonchev–Trinajstić information content (AvgIpc) is 2.50. The third-order valence-corrected chi connectivity index (χ3v) is 3.49. The molecule has 4 N–H and O–H groups in total. The summed E-state index contributed by atoms with van der Waals surface area (Å²) < 4.78 is 0. The van der Waals surface area contributed by atoms with Crippen LogP contribution < -0.4 is 16.4 Å². The van der Waals surface area contributed by atoms with Gasteiger partial charge in [-0.05, 0) is 18.6 Å². The number of nitrogens with zero attached hydrogens (tertiary/aromatic N) is 1. The molecule has 6 heteroatoms. The molecule has 1 aromatic carbocycles. The summed E-state index contributed by atoms with van der Waals surface area (Å²) in [5.41, 5.74) is 7.12. The second kappa shape index (κ2) is 6.97. The average molecular weight is 290 g/mol. The summed E-state index contributed by atoms with van der Waals surface area (Å²) in [5, 5.41) is 6.45. The van der Waals surface area contributed by atoms with E-state index in [1.807, 2.05) is 31.2 Å². The number of amides is 2. The second-order valence-electron chi connectivity index (χ2n) is 5.20. The molecule has 1 atom stereocenters. The van der Waals surface area contributed by atoms with E-state index >= 15 is 0 Å². The van der Waals surface area contributed by atoms with Gasteiger partial charge in [0.15, 0.2) is 0 Å². The van der Waals surface area contributed by atoms with Crippen molar-refractivity contribution in [3.63, 3.8) is 0 Å². The quantitative estimate of drug-likeness (QED) is 0.729. The normalized spacial score (nSPS) is 16.3. The van der Waals surface area contributed by atoms with Crippen LogP contribution in [-0.4, -0.2) is 42.4 Å². The molecule has 1 aliphatic rings. The van der Waals surface area contributed by atoms with Gasteiger partial charge in [0, 0.05) is 13.1 Å². The molecular weight excluding hydrogens is 268 g/mol. The van der Waals surface area contributed by atoms with Crippen molar-refractivity contribution >= 4 is 23.2 Å². The van der Waals surface area contributed by atoms with Crippen LogP contribution in [0.25, 0.3) is 0 Å². The number of carbonyl (C=O) groups is 2. The SMILES string of the molecule is CCCCN(CC(N)=O)C(=O)C1CNc2ccccc2N1. The van der Waals surface area contributed by atoms with E-state index < -0.39 is 5.91 Å². The lowest BCUT2D eigenvalue weighted by molar-refractivity contribution is -0.135. The molecule has 2 amide bonds. The Morgan fingerprint density at radius 3 is 2.71 bits per heavy atom. The van der Waals surface area contributed by atoms with E-state index in [9.17, 15) is 9.59 Å². The highest BCUT2D eigenvalue weighted by molar-refractivity contribution is 5.91. The zero-order valence-corrected chi connectivity index (χ0v) is 12.3. The third-order valence-electron chi connectivity index (χ3n) is 3.49. The highest BCUT2D eigenvalue weighted by atomic mass is 16.2. The number of carbonyl (C=O) groups excluding carboxylic acids is 2. The Hall–Kier alpha value is -2.24. The van der Waals surface area contributed by atoms with Crippen LogP contribution in [-0.2, 0) is 9.59 Å². The topological polar surface area (TPSA) is 87.5 Å². The lowest BCUT2D eigenvalue weighted by Gasteiger charge is -2.31. The van der Waals surface area contributed by atoms with E-state index in [-0.39, 0.29) is 18.5 Å². The number of fused-ring (bicyclic) bond motifs is 1. The van der Waals surface area contributed by atoms with Crippen molar-refractivity contribution in [2.24, 2.45) is 5.73 Å². The third kappa shape index (κ3) is 3.87. The summed E-state index contributed by atoms with van der Waals surface area (Å²) >= 11 is 0. The van der Waals surface area contributed by atoms with Crippen LogP contribution in [0.3, 0.4) is 0 Å². The molecule has 0 fully saturated rings. The van der Waals surface area contributed by atoms with E-state index in [1.54, 1.807) is 4.90 Å². The summed E-state index contributed by atoms with van der Waals surface area (Å²) in [6.07, 6.45) is 1.82. The molecule has 0 saturated carbocycles. The maximum absolute atomic E-state index is 12.6. The Labute approximate surface area is 124 Å². The van der Waals surface area contributed by atoms with Crippen molar-refractivity contribution in [1.29, 1.82) is 0 Å². The number of hydrogen-bond donors (Lipinski definition) is 3. The summed E-state index contributed by atoms with van der Waals surface area (Å²) in [6.45, 7) is 3.07. The molecule has 2 rings (SSSR count). The smallest absolute Gasteiger partial charge is 0.247 e. The van der Waals surface area contributed by atoms with E-state index in [4.69, 9.17) is 5.73 Å². The predicted octanol–water partition coefficient (Wildman–Crippen LogP) is 1.01. The summed E-state index contributed by atoms with van der Waals surface area (Å²) in [5.74, 6) is -0.576. The fraction of sp³-hybridized carbons (Fsp3) is 0.467. The van der Waals surface area contributed by atoms with Crippen molar-refractivity contribution in [3.05, 3.63) is 24.3 Å². The van der Waals surface area contributed by atoms with Crippen molar-refractivity contribution in [2.45, 2.75) is 25.8 Å². The number of benzene rings is 1. The van der Waals surface area contributed by atoms with Crippen LogP contribution >= 0.6 is 0 Å². The molecule has 0 radical (unpaired) electrons. The molecule has 21 heavy (non-hydrogen) atoms. The van der Waals surface area contributed by atoms with Crippen molar-refractivity contribution in [1.82, 2.24) is 4.90 Å². The van der Waals surface area contributed by atoms with E-state index in [1.165, 1.54) is 0 Å². The number of rotatable bonds is 6. The molecular formula is C15H22N4O2. The molecule has 0 aromatic heterocycles. The van der Waals surface area contributed by atoms with Gasteiger partial charge in [0.05, 0.1) is 17.9 Å². The molecule has 0 saturated heterocycles. The van der Waals surface area contributed by atoms with Crippen LogP contribution in [0.2, 0.25) is 0 Å². The number of para-hydroxylation sites is 2. The highest BCUT2D eigenvalue weighted by Crippen LogP contribution is 2.25. The second-order valence-corrected chi connectivity index (χ2v) is 5.20. The maximum Gasteiger partial charge on any atom is 0.247 e. The lowest BCUT2D eigenvalue weighted by atomic mass is 10.1. The lowest BCUT2D eigenvalue weighted by Crippen LogP contribution is -2.50. The number of hydrogen-bond acceptors (Lipinski definition) is 4. The summed E-state index contributed by atoms with van der Waals surface area (Å²) in [7, 11) is 0. The number of nitrogens with two attached hydrogens (primary N) is 1. The molecule has 1 unspecified atom stereocenters. The minimum atomic E-state index is -0.483. The van der Waals surface area contributed by atoms with Gasteiger partial charge in [0.1, 0.15) is 6.04 Å². The van der Waals surface area contributed by atoms with E-state index in [0.717, 1.165) is 24.2 Å². The van der Waals surface area contributed by atoms with Gasteiger partial charge in [0.2, 0.25) is 11.8 Å². The molecule has 1 aromatic rings. The largest absolute Gasteiger partial charge is 0.381 e. The Morgan fingerprint density at radius 1 is 1.33 bits per heavy atom. The van der Waals surface area contributed by atoms with Crippen molar-refractivity contribution < 1.29 is 9.59 Å². The first kappa shape index (κ1) is 15.2. The van der Waals surface area contributed by atoms with Crippen LogP contribution in [0.15, 0.2) is 24.3 Å². The minimum absolute atomic E-state index is 0.0291. The molecule has 0 aliphatic carbocycles. The number of unbranched alkanes of at least 4 members (excludes halogenated alkanes) is 1. The van der Waals surface area contributed by atoms with E-state index in [2.05, 4.69) is 10.6 Å². The van der Waals surface area contributed by atoms with Gasteiger partial charge in [-0.25, -0.2) is 0 Å². The number of anilines is 2. The van der Waals surface area contributed by atoms with Crippen LogP contribution in [0, 0.1) is 0 Å². The van der Waals surface area contributed by atoms with Gasteiger partial charge in [0.25, 0.3) is 0 Å². The zero-order chi connectivity index (χ0) is 15.2. The Kier molecular flexibility index (Phi) is 5.03. The highest BCUT2D eigenvalue weighted by Gasteiger charge is 2.28. The monoisotopic (exact) mass is 290 g/mol. The van der Waals surface area contributed by atoms with E-state index in [0.29, 0.717) is 13.1 Å². The Balaban J connectivity index is 2.05. The first-order valence-electron chi connectivity index (χ1n) is 7.28. The first-order valence-corrected chi connectivity index (χ1v) is 7.28. The van der Waals surface area contributed by atoms with Crippen molar-refractivity contribution in [2.75, 3.05) is 30.3 Å². The van der Waals surface area contributed by atoms with Gasteiger partial charge in [-0.1, -0.05) is 25.5 Å². The van der Waals surface area contributed by atoms with Gasteiger partial charge >= 0.3 is 0 Å². The van der Waals surface area contributed by atoms with Crippen LogP contribution in [0.5, 0.6) is 0 Å². The maximum atomic E-state index is 12.6. The number of nitrogens with one attached hydrogen (secondary N) is 2. The molecule has 1 aliphatic heterocycles. The van der Waals surface area contributed by atoms with Crippen LogP contribution in [0.1, 0.15) is 19.8 Å². The van der Waals surface area contributed by atoms with Gasteiger partial charge in [-0.15, -0.1) is 0 Å². The van der Waals surface area contributed by atoms with Crippen molar-refractivity contribution in [3.8, 4) is 0 Å². The summed E-state index contributed by atoms with van der Waals surface area (Å²) in [4.78, 5) is 25.3. The van der Waals surface area contributed by atoms with Gasteiger partial charge in [-0.2, -0.15) is 0 Å². The number of primary amides is 1. The standard InChI is InChI=1S/C15H22N4O2/c1-2-3-8-19(10-14(16)20)15(21)13-9-17-11-6-4-5-7-12(11)18-13/h4-7,13,17-18H,2-3,8-10H2,1H3,(H2,16,20). The Morgan fingerprint density at radius 2 is 2.05 bits per heavy atom. The van der Waals surface area contributed by atoms with Gasteiger partial charge < -0.3 is 21.3 Å². The first-order chi connectivity index (χ1) is 10.1. The Bertz CT molecular complexity index is 518. The molecule has 1 heterocycles. The molecule has 114 valence electrons. The van der Waals surface area contributed by atoms with Gasteiger partial charge in [-0.3, -0.25) is 9.59 Å². The predicted molar refractivity (Wildman–Crippen MR) is 83.0 cm³/mol. The fourth-order valence-corrected chi connectivity index (χ4v) is 2.39. The van der Waals surface area contributed by atoms with Crippen LogP contribution in [0.4, 0.5) is 11.4 Å². The fourth-order valence-electron chi connectivity index (χ4n) is 2.39. The zero-order valence-electron chi connectivity index (χ0n) is 12.3. The molecule has 0 bridgehead atoms. The summed E-state index contributed by atoms with van der Waals surface area (Å²) in [6, 6.07) is 7.36.